The molecule has 2 heterocycles. The Hall–Kier alpha value is -4.79. The number of aromatic nitrogens is 3. The monoisotopic (exact) mass is 465 g/mol. The summed E-state index contributed by atoms with van der Waals surface area (Å²) in [7, 11) is 0. The maximum atomic E-state index is 12.9. The first-order valence-corrected chi connectivity index (χ1v) is 11.2. The van der Waals surface area contributed by atoms with Crippen LogP contribution in [0.4, 0.5) is 11.4 Å². The van der Waals surface area contributed by atoms with E-state index in [4.69, 9.17) is 0 Å². The zero-order valence-corrected chi connectivity index (χ0v) is 18.8. The highest BCUT2D eigenvalue weighted by molar-refractivity contribution is 6.40. The van der Waals surface area contributed by atoms with Crippen molar-refractivity contribution in [3.63, 3.8) is 0 Å². The van der Waals surface area contributed by atoms with Crippen LogP contribution >= 0.6 is 0 Å². The van der Waals surface area contributed by atoms with Gasteiger partial charge in [0.25, 0.3) is 5.91 Å². The Labute approximate surface area is 202 Å². The molecule has 1 aliphatic heterocycles. The van der Waals surface area contributed by atoms with Gasteiger partial charge in [-0.3, -0.25) is 14.6 Å². The summed E-state index contributed by atoms with van der Waals surface area (Å²) in [6.45, 7) is -0.163. The van der Waals surface area contributed by atoms with Gasteiger partial charge in [-0.1, -0.05) is 48.5 Å². The van der Waals surface area contributed by atoms with E-state index in [0.29, 0.717) is 17.8 Å². The number of para-hydroxylation sites is 1. The first kappa shape index (κ1) is 22.0. The molecule has 5 rings (SSSR count). The van der Waals surface area contributed by atoms with Gasteiger partial charge < -0.3 is 10.6 Å². The molecule has 1 unspecified atom stereocenters. The molecule has 0 saturated heterocycles. The number of benzene rings is 3. The van der Waals surface area contributed by atoms with Crippen molar-refractivity contribution in [3.05, 3.63) is 103 Å². The molecule has 2 N–H and O–H groups in total. The molecule has 1 aromatic heterocycles. The van der Waals surface area contributed by atoms with E-state index < -0.39 is 0 Å². The molecule has 1 aliphatic rings. The number of hydrazone groups is 1. The Morgan fingerprint density at radius 2 is 1.60 bits per heavy atom. The average Bonchev–Trinajstić information content (AvgIpc) is 3.60. The van der Waals surface area contributed by atoms with E-state index in [1.54, 1.807) is 23.1 Å². The number of hydrogen-bond acceptors (Lipinski definition) is 6. The highest BCUT2D eigenvalue weighted by Crippen LogP contribution is 2.34. The predicted molar refractivity (Wildman–Crippen MR) is 133 cm³/mol. The van der Waals surface area contributed by atoms with E-state index in [9.17, 15) is 9.59 Å². The Morgan fingerprint density at radius 3 is 2.29 bits per heavy atom. The Bertz CT molecular complexity index is 1320. The van der Waals surface area contributed by atoms with Crippen LogP contribution in [0.15, 0.2) is 103 Å². The molecule has 2 amide bonds. The van der Waals surface area contributed by atoms with Crippen LogP contribution in [-0.4, -0.2) is 38.8 Å². The molecule has 9 heteroatoms. The maximum absolute atomic E-state index is 12.9. The summed E-state index contributed by atoms with van der Waals surface area (Å²) in [6.07, 6.45) is 3.49. The number of carbonyl (C=O) groups excluding carboxylic acids is 2. The molecule has 0 saturated carbocycles. The van der Waals surface area contributed by atoms with Crippen LogP contribution in [0.1, 0.15) is 18.0 Å². The number of rotatable bonds is 7. The fourth-order valence-corrected chi connectivity index (χ4v) is 3.91. The van der Waals surface area contributed by atoms with Crippen molar-refractivity contribution in [1.82, 2.24) is 20.1 Å². The van der Waals surface area contributed by atoms with Gasteiger partial charge in [0, 0.05) is 12.1 Å². The van der Waals surface area contributed by atoms with Crippen LogP contribution in [0.2, 0.25) is 0 Å². The molecule has 0 radical (unpaired) electrons. The second kappa shape index (κ2) is 10.0. The minimum absolute atomic E-state index is 0.100. The average molecular weight is 466 g/mol. The van der Waals surface area contributed by atoms with Crippen LogP contribution < -0.4 is 15.6 Å². The number of anilines is 2. The molecular formula is C26H23N7O2. The van der Waals surface area contributed by atoms with E-state index in [1.165, 1.54) is 6.33 Å². The number of nitrogens with zero attached hydrogens (tertiary/aromatic N) is 5. The standard InChI is InChI=1S/C26H23N7O2/c34-25(30-20-11-13-21(14-12-20)32-18-27-17-29-32)16-28-26(35)23-15-24(19-7-3-1-4-8-19)33(31-23)22-9-5-2-6-10-22/h1-14,17-18,24H,15-16H2,(H,28,35)(H,30,34). The van der Waals surface area contributed by atoms with Gasteiger partial charge in [0.1, 0.15) is 18.4 Å². The van der Waals surface area contributed by atoms with Gasteiger partial charge in [-0.15, -0.1) is 0 Å². The lowest BCUT2D eigenvalue weighted by Crippen LogP contribution is -2.36. The first-order chi connectivity index (χ1) is 17.2. The quantitative estimate of drug-likeness (QED) is 0.436. The third-order valence-electron chi connectivity index (χ3n) is 5.62. The van der Waals surface area contributed by atoms with E-state index in [0.717, 1.165) is 16.9 Å². The Morgan fingerprint density at radius 1 is 0.886 bits per heavy atom. The van der Waals surface area contributed by atoms with Crippen LogP contribution in [0.5, 0.6) is 0 Å². The third kappa shape index (κ3) is 5.09. The minimum Gasteiger partial charge on any atom is -0.342 e. The van der Waals surface area contributed by atoms with Crippen molar-refractivity contribution in [2.75, 3.05) is 16.9 Å². The van der Waals surface area contributed by atoms with Gasteiger partial charge >= 0.3 is 0 Å². The zero-order valence-electron chi connectivity index (χ0n) is 18.8. The number of nitrogens with one attached hydrogen (secondary N) is 2. The van der Waals surface area contributed by atoms with Crippen LogP contribution in [0, 0.1) is 0 Å². The van der Waals surface area contributed by atoms with Gasteiger partial charge in [-0.25, -0.2) is 9.67 Å². The SMILES string of the molecule is O=C(CNC(=O)C1=NN(c2ccccc2)C(c2ccccc2)C1)Nc1ccc(-n2cncn2)cc1. The maximum Gasteiger partial charge on any atom is 0.268 e. The highest BCUT2D eigenvalue weighted by Gasteiger charge is 2.32. The van der Waals surface area contributed by atoms with Crippen molar-refractivity contribution in [3.8, 4) is 5.69 Å². The molecule has 0 fully saturated rings. The second-order valence-electron chi connectivity index (χ2n) is 7.98. The molecular weight excluding hydrogens is 442 g/mol. The summed E-state index contributed by atoms with van der Waals surface area (Å²) in [5, 5.41) is 16.0. The Balaban J connectivity index is 1.21. The summed E-state index contributed by atoms with van der Waals surface area (Å²) in [4.78, 5) is 29.2. The van der Waals surface area contributed by atoms with Crippen LogP contribution in [-0.2, 0) is 9.59 Å². The summed E-state index contributed by atoms with van der Waals surface area (Å²) in [6, 6.07) is 26.8. The van der Waals surface area contributed by atoms with Gasteiger partial charge in [-0.05, 0) is 42.0 Å². The van der Waals surface area contributed by atoms with E-state index in [1.807, 2.05) is 77.8 Å². The number of carbonyl (C=O) groups is 2. The summed E-state index contributed by atoms with van der Waals surface area (Å²) in [5.74, 6) is -0.689. The van der Waals surface area contributed by atoms with Crippen molar-refractivity contribution in [2.45, 2.75) is 12.5 Å². The lowest BCUT2D eigenvalue weighted by atomic mass is 10.0. The lowest BCUT2D eigenvalue weighted by molar-refractivity contribution is -0.120. The lowest BCUT2D eigenvalue weighted by Gasteiger charge is -2.23. The normalized spacial score (nSPS) is 14.9. The second-order valence-corrected chi connectivity index (χ2v) is 7.98. The largest absolute Gasteiger partial charge is 0.342 e. The number of amides is 2. The van der Waals surface area contributed by atoms with E-state index in [2.05, 4.69) is 25.8 Å². The zero-order chi connectivity index (χ0) is 24.0. The molecule has 0 bridgehead atoms. The molecule has 4 aromatic rings. The van der Waals surface area contributed by atoms with Crippen molar-refractivity contribution in [2.24, 2.45) is 5.10 Å². The predicted octanol–water partition coefficient (Wildman–Crippen LogP) is 3.33. The third-order valence-corrected chi connectivity index (χ3v) is 5.62. The van der Waals surface area contributed by atoms with Gasteiger partial charge in [0.2, 0.25) is 5.91 Å². The fourth-order valence-electron chi connectivity index (χ4n) is 3.91. The topological polar surface area (TPSA) is 105 Å². The molecule has 0 aliphatic carbocycles. The van der Waals surface area contributed by atoms with E-state index >= 15 is 0 Å². The smallest absolute Gasteiger partial charge is 0.268 e. The fraction of sp³-hybridized carbons (Fsp3) is 0.115. The van der Waals surface area contributed by atoms with Gasteiger partial charge in [-0.2, -0.15) is 10.2 Å². The molecule has 9 nitrogen and oxygen atoms in total. The van der Waals surface area contributed by atoms with Gasteiger partial charge in [0.05, 0.1) is 24.0 Å². The molecule has 35 heavy (non-hydrogen) atoms. The summed E-state index contributed by atoms with van der Waals surface area (Å²) < 4.78 is 1.62. The van der Waals surface area contributed by atoms with Crippen molar-refractivity contribution < 1.29 is 9.59 Å². The van der Waals surface area contributed by atoms with Crippen LogP contribution in [0.3, 0.4) is 0 Å². The summed E-state index contributed by atoms with van der Waals surface area (Å²) >= 11 is 0. The Kier molecular flexibility index (Phi) is 6.29. The molecule has 174 valence electrons. The molecule has 1 atom stereocenters. The summed E-state index contributed by atoms with van der Waals surface area (Å²) in [5.41, 5.74) is 3.79. The minimum atomic E-state index is -0.360. The van der Waals surface area contributed by atoms with Gasteiger partial charge in [0.15, 0.2) is 0 Å². The first-order valence-electron chi connectivity index (χ1n) is 11.2. The molecule has 3 aromatic carbocycles. The van der Waals surface area contributed by atoms with Crippen molar-refractivity contribution in [1.29, 1.82) is 0 Å². The highest BCUT2D eigenvalue weighted by atomic mass is 16.2. The number of hydrogen-bond donors (Lipinski definition) is 2. The van der Waals surface area contributed by atoms with Crippen molar-refractivity contribution >= 4 is 28.9 Å². The van der Waals surface area contributed by atoms with Crippen LogP contribution in [0.25, 0.3) is 5.69 Å². The molecule has 0 spiro atoms. The van der Waals surface area contributed by atoms with E-state index in [-0.39, 0.29) is 24.4 Å².